The van der Waals surface area contributed by atoms with E-state index in [1.165, 1.54) is 6.92 Å². The first kappa shape index (κ1) is 14.8. The van der Waals surface area contributed by atoms with Gasteiger partial charge >= 0.3 is 0 Å². The minimum atomic E-state index is -0.149. The molecule has 0 atom stereocenters. The van der Waals surface area contributed by atoms with Crippen molar-refractivity contribution in [2.24, 2.45) is 0 Å². The second kappa shape index (κ2) is 6.20. The van der Waals surface area contributed by atoms with Gasteiger partial charge in [-0.3, -0.25) is 9.59 Å². The minimum Gasteiger partial charge on any atom is -0.326 e. The van der Waals surface area contributed by atoms with Crippen LogP contribution in [0.3, 0.4) is 0 Å². The lowest BCUT2D eigenvalue weighted by Crippen LogP contribution is -2.06. The molecule has 0 radical (unpaired) electrons. The molecule has 0 saturated carbocycles. The fourth-order valence-corrected chi connectivity index (χ4v) is 2.14. The highest BCUT2D eigenvalue weighted by Gasteiger charge is 2.10. The highest BCUT2D eigenvalue weighted by Crippen LogP contribution is 2.24. The molecule has 0 aromatic heterocycles. The van der Waals surface area contributed by atoms with Crippen LogP contribution < -0.4 is 5.32 Å². The Morgan fingerprint density at radius 1 is 1.05 bits per heavy atom. The van der Waals surface area contributed by atoms with Crippen molar-refractivity contribution >= 4 is 44.9 Å². The lowest BCUT2D eigenvalue weighted by atomic mass is 10.0. The molecule has 0 aliphatic carbocycles. The zero-order valence-corrected chi connectivity index (χ0v) is 13.0. The highest BCUT2D eigenvalue weighted by atomic mass is 79.9. The van der Waals surface area contributed by atoms with Gasteiger partial charge in [-0.05, 0) is 58.4 Å². The van der Waals surface area contributed by atoms with E-state index in [2.05, 4.69) is 21.2 Å². The van der Waals surface area contributed by atoms with Gasteiger partial charge in [-0.2, -0.15) is 0 Å². The molecule has 0 aliphatic heterocycles. The third-order valence-electron chi connectivity index (χ3n) is 2.65. The van der Waals surface area contributed by atoms with E-state index in [9.17, 15) is 9.59 Å². The van der Waals surface area contributed by atoms with Crippen molar-refractivity contribution in [2.45, 2.75) is 6.92 Å². The lowest BCUT2D eigenvalue weighted by Gasteiger charge is -2.05. The number of hydrogen-bond acceptors (Lipinski definition) is 2. The molecule has 102 valence electrons. The van der Waals surface area contributed by atoms with E-state index in [1.54, 1.807) is 42.5 Å². The van der Waals surface area contributed by atoms with Gasteiger partial charge in [0.25, 0.3) is 0 Å². The number of rotatable bonds is 3. The summed E-state index contributed by atoms with van der Waals surface area (Å²) in [6.45, 7) is 1.43. The molecule has 2 rings (SSSR count). The molecule has 0 fully saturated rings. The van der Waals surface area contributed by atoms with E-state index in [1.807, 2.05) is 0 Å². The third kappa shape index (κ3) is 3.46. The number of carbonyl (C=O) groups excluding carboxylic acids is 2. The first-order chi connectivity index (χ1) is 9.47. The Hall–Kier alpha value is -1.65. The normalized spacial score (nSPS) is 10.2. The maximum absolute atomic E-state index is 12.3. The number of nitrogens with one attached hydrogen (secondary N) is 1. The molecule has 5 heteroatoms. The van der Waals surface area contributed by atoms with E-state index in [0.717, 1.165) is 4.47 Å². The van der Waals surface area contributed by atoms with E-state index in [4.69, 9.17) is 11.6 Å². The van der Waals surface area contributed by atoms with Crippen molar-refractivity contribution in [1.82, 2.24) is 0 Å². The van der Waals surface area contributed by atoms with E-state index < -0.39 is 0 Å². The fourth-order valence-electron chi connectivity index (χ4n) is 1.71. The summed E-state index contributed by atoms with van der Waals surface area (Å²) in [5, 5.41) is 3.14. The molecule has 0 aliphatic rings. The lowest BCUT2D eigenvalue weighted by molar-refractivity contribution is -0.114. The molecule has 1 N–H and O–H groups in total. The number of amides is 1. The van der Waals surface area contributed by atoms with E-state index in [-0.39, 0.29) is 11.7 Å². The Morgan fingerprint density at radius 3 is 2.20 bits per heavy atom. The van der Waals surface area contributed by atoms with Crippen LogP contribution >= 0.6 is 27.5 Å². The van der Waals surface area contributed by atoms with Gasteiger partial charge in [-0.25, -0.2) is 0 Å². The fraction of sp³-hybridized carbons (Fsp3) is 0.0667. The van der Waals surface area contributed by atoms with Crippen molar-refractivity contribution in [3.63, 3.8) is 0 Å². The molecule has 2 aromatic carbocycles. The SMILES string of the molecule is CC(=O)Nc1ccc(C(=O)c2ccc(Br)c(Cl)c2)cc1. The van der Waals surface area contributed by atoms with Crippen LogP contribution in [0, 0.1) is 0 Å². The van der Waals surface area contributed by atoms with Crippen LogP contribution in [0.1, 0.15) is 22.8 Å². The van der Waals surface area contributed by atoms with Crippen LogP contribution in [0.25, 0.3) is 0 Å². The van der Waals surface area contributed by atoms with Crippen molar-refractivity contribution in [2.75, 3.05) is 5.32 Å². The zero-order valence-electron chi connectivity index (χ0n) is 10.6. The Labute approximate surface area is 130 Å². The average Bonchev–Trinajstić information content (AvgIpc) is 2.41. The molecule has 0 heterocycles. The standard InChI is InChI=1S/C15H11BrClNO2/c1-9(19)18-12-5-2-10(3-6-12)15(20)11-4-7-13(16)14(17)8-11/h2-8H,1H3,(H,18,19). The number of anilines is 1. The Balaban J connectivity index is 2.24. The first-order valence-corrected chi connectivity index (χ1v) is 7.02. The summed E-state index contributed by atoms with van der Waals surface area (Å²) < 4.78 is 0.747. The van der Waals surface area contributed by atoms with Gasteiger partial charge in [-0.1, -0.05) is 11.6 Å². The summed E-state index contributed by atoms with van der Waals surface area (Å²) in [5.41, 5.74) is 1.71. The first-order valence-electron chi connectivity index (χ1n) is 5.85. The van der Waals surface area contributed by atoms with Crippen LogP contribution in [-0.2, 0) is 4.79 Å². The monoisotopic (exact) mass is 351 g/mol. The minimum absolute atomic E-state index is 0.117. The zero-order chi connectivity index (χ0) is 14.7. The van der Waals surface area contributed by atoms with Crippen LogP contribution in [0.5, 0.6) is 0 Å². The van der Waals surface area contributed by atoms with Crippen LogP contribution in [-0.4, -0.2) is 11.7 Å². The number of ketones is 1. The van der Waals surface area contributed by atoms with E-state index in [0.29, 0.717) is 21.8 Å². The molecule has 20 heavy (non-hydrogen) atoms. The predicted molar refractivity (Wildman–Crippen MR) is 83.3 cm³/mol. The average molecular weight is 353 g/mol. The smallest absolute Gasteiger partial charge is 0.221 e. The van der Waals surface area contributed by atoms with Gasteiger partial charge in [0.15, 0.2) is 5.78 Å². The predicted octanol–water partition coefficient (Wildman–Crippen LogP) is 4.29. The van der Waals surface area contributed by atoms with Gasteiger partial charge in [0.2, 0.25) is 5.91 Å². The summed E-state index contributed by atoms with van der Waals surface area (Å²) >= 11 is 9.26. The van der Waals surface area contributed by atoms with Gasteiger partial charge in [0.05, 0.1) is 5.02 Å². The van der Waals surface area contributed by atoms with Crippen molar-refractivity contribution in [3.05, 3.63) is 63.1 Å². The number of benzene rings is 2. The van der Waals surface area contributed by atoms with Gasteiger partial charge in [0.1, 0.15) is 0 Å². The molecule has 0 bridgehead atoms. The summed E-state index contributed by atoms with van der Waals surface area (Å²) in [6, 6.07) is 11.8. The van der Waals surface area contributed by atoms with E-state index >= 15 is 0 Å². The summed E-state index contributed by atoms with van der Waals surface area (Å²) in [4.78, 5) is 23.2. The molecule has 2 aromatic rings. The Bertz CT molecular complexity index is 668. The van der Waals surface area contributed by atoms with Crippen molar-refractivity contribution in [3.8, 4) is 0 Å². The number of halogens is 2. The summed E-state index contributed by atoms with van der Waals surface area (Å²) in [5.74, 6) is -0.266. The topological polar surface area (TPSA) is 46.2 Å². The molecular formula is C15H11BrClNO2. The Morgan fingerprint density at radius 2 is 1.65 bits per heavy atom. The maximum Gasteiger partial charge on any atom is 0.221 e. The van der Waals surface area contributed by atoms with Crippen LogP contribution in [0.2, 0.25) is 5.02 Å². The molecule has 0 spiro atoms. The second-order valence-corrected chi connectivity index (χ2v) is 5.48. The van der Waals surface area contributed by atoms with Gasteiger partial charge < -0.3 is 5.32 Å². The van der Waals surface area contributed by atoms with Gasteiger partial charge in [0, 0.05) is 28.2 Å². The number of hydrogen-bond donors (Lipinski definition) is 1. The molecular weight excluding hydrogens is 342 g/mol. The maximum atomic E-state index is 12.3. The summed E-state index contributed by atoms with van der Waals surface area (Å²) in [6.07, 6.45) is 0. The van der Waals surface area contributed by atoms with Gasteiger partial charge in [-0.15, -0.1) is 0 Å². The second-order valence-electron chi connectivity index (χ2n) is 4.22. The molecule has 3 nitrogen and oxygen atoms in total. The van der Waals surface area contributed by atoms with Crippen LogP contribution in [0.15, 0.2) is 46.9 Å². The van der Waals surface area contributed by atoms with Crippen LogP contribution in [0.4, 0.5) is 5.69 Å². The Kier molecular flexibility index (Phi) is 4.57. The van der Waals surface area contributed by atoms with Crippen molar-refractivity contribution < 1.29 is 9.59 Å². The quantitative estimate of drug-likeness (QED) is 0.838. The third-order valence-corrected chi connectivity index (χ3v) is 3.88. The summed E-state index contributed by atoms with van der Waals surface area (Å²) in [7, 11) is 0. The molecule has 0 saturated heterocycles. The molecule has 1 amide bonds. The van der Waals surface area contributed by atoms with Crippen molar-refractivity contribution in [1.29, 1.82) is 0 Å². The highest BCUT2D eigenvalue weighted by molar-refractivity contribution is 9.10. The molecule has 0 unspecified atom stereocenters. The largest absolute Gasteiger partial charge is 0.326 e. The number of carbonyl (C=O) groups is 2.